The van der Waals surface area contributed by atoms with Gasteiger partial charge in [0, 0.05) is 30.2 Å². The highest BCUT2D eigenvalue weighted by molar-refractivity contribution is 6.01. The van der Waals surface area contributed by atoms with Crippen molar-refractivity contribution in [1.82, 2.24) is 14.9 Å². The van der Waals surface area contributed by atoms with Gasteiger partial charge >= 0.3 is 0 Å². The number of pyridine rings is 1. The topological polar surface area (TPSA) is 69.2 Å². The van der Waals surface area contributed by atoms with E-state index in [1.165, 1.54) is 5.56 Å². The number of fused-ring (bicyclic) bond motifs is 1. The zero-order valence-corrected chi connectivity index (χ0v) is 15.8. The first-order valence-electron chi connectivity index (χ1n) is 9.52. The molecule has 3 heterocycles. The first-order valence-corrected chi connectivity index (χ1v) is 9.52. The van der Waals surface area contributed by atoms with Gasteiger partial charge in [0.15, 0.2) is 0 Å². The molecule has 4 rings (SSSR count). The molecule has 2 aromatic heterocycles. The molecule has 1 atom stereocenters. The van der Waals surface area contributed by atoms with Crippen molar-refractivity contribution >= 4 is 16.8 Å². The third kappa shape index (κ3) is 3.35. The Kier molecular flexibility index (Phi) is 4.70. The van der Waals surface area contributed by atoms with Crippen molar-refractivity contribution in [2.45, 2.75) is 32.8 Å². The van der Waals surface area contributed by atoms with Gasteiger partial charge in [0.1, 0.15) is 5.69 Å². The molecule has 0 radical (unpaired) electrons. The van der Waals surface area contributed by atoms with Crippen molar-refractivity contribution in [3.8, 4) is 0 Å². The Balaban J connectivity index is 1.47. The Morgan fingerprint density at radius 2 is 2.00 bits per heavy atom. The molecule has 27 heavy (non-hydrogen) atoms. The average Bonchev–Trinajstić information content (AvgIpc) is 3.04. The number of hydrogen-bond donors (Lipinski definition) is 2. The number of rotatable bonds is 3. The van der Waals surface area contributed by atoms with Crippen LogP contribution in [0.4, 0.5) is 0 Å². The molecule has 0 aliphatic carbocycles. The normalized spacial score (nSPS) is 16.6. The van der Waals surface area contributed by atoms with Crippen molar-refractivity contribution in [2.75, 3.05) is 13.1 Å². The van der Waals surface area contributed by atoms with Crippen LogP contribution in [0.3, 0.4) is 0 Å². The number of aliphatic hydroxyl groups excluding tert-OH is 1. The zero-order valence-electron chi connectivity index (χ0n) is 15.8. The minimum Gasteiger partial charge on any atom is -0.387 e. The summed E-state index contributed by atoms with van der Waals surface area (Å²) in [5, 5.41) is 11.7. The maximum Gasteiger partial charge on any atom is 0.270 e. The first-order chi connectivity index (χ1) is 13.0. The summed E-state index contributed by atoms with van der Waals surface area (Å²) in [6.45, 7) is 5.37. The third-order valence-electron chi connectivity index (χ3n) is 5.69. The van der Waals surface area contributed by atoms with Crippen LogP contribution in [0.25, 0.3) is 10.9 Å². The molecule has 140 valence electrons. The van der Waals surface area contributed by atoms with Gasteiger partial charge in [0.05, 0.1) is 11.8 Å². The summed E-state index contributed by atoms with van der Waals surface area (Å²) in [5.41, 5.74) is 4.59. The second-order valence-corrected chi connectivity index (χ2v) is 7.50. The molecule has 1 unspecified atom stereocenters. The van der Waals surface area contributed by atoms with E-state index < -0.39 is 6.10 Å². The predicted molar refractivity (Wildman–Crippen MR) is 106 cm³/mol. The van der Waals surface area contributed by atoms with E-state index in [4.69, 9.17) is 0 Å². The number of aromatic nitrogens is 2. The van der Waals surface area contributed by atoms with Gasteiger partial charge in [-0.15, -0.1) is 0 Å². The van der Waals surface area contributed by atoms with E-state index in [9.17, 15) is 9.90 Å². The number of nitrogens with zero attached hydrogens (tertiary/aromatic N) is 2. The van der Waals surface area contributed by atoms with Crippen LogP contribution in [0, 0.1) is 19.8 Å². The summed E-state index contributed by atoms with van der Waals surface area (Å²) < 4.78 is 0. The molecular formula is C22H25N3O2. The van der Waals surface area contributed by atoms with E-state index in [0.29, 0.717) is 24.5 Å². The lowest BCUT2D eigenvalue weighted by molar-refractivity contribution is 0.0444. The van der Waals surface area contributed by atoms with Gasteiger partial charge in [-0.3, -0.25) is 9.78 Å². The minimum atomic E-state index is -0.568. The summed E-state index contributed by atoms with van der Waals surface area (Å²) >= 11 is 0. The quantitative estimate of drug-likeness (QED) is 0.744. The van der Waals surface area contributed by atoms with E-state index in [0.717, 1.165) is 29.3 Å². The number of carbonyl (C=O) groups excluding carboxylic acids is 1. The van der Waals surface area contributed by atoms with Gasteiger partial charge in [-0.2, -0.15) is 0 Å². The fourth-order valence-corrected chi connectivity index (χ4v) is 4.02. The molecule has 1 fully saturated rings. The molecule has 1 saturated heterocycles. The molecule has 1 aliphatic heterocycles. The minimum absolute atomic E-state index is 0.0483. The van der Waals surface area contributed by atoms with Crippen LogP contribution >= 0.6 is 0 Å². The summed E-state index contributed by atoms with van der Waals surface area (Å²) in [6.07, 6.45) is 2.70. The highest BCUT2D eigenvalue weighted by Crippen LogP contribution is 2.31. The third-order valence-corrected chi connectivity index (χ3v) is 5.69. The van der Waals surface area contributed by atoms with Crippen LogP contribution in [0.2, 0.25) is 0 Å². The number of aliphatic hydroxyl groups is 1. The van der Waals surface area contributed by atoms with Crippen molar-refractivity contribution in [1.29, 1.82) is 0 Å². The number of nitrogens with one attached hydrogen (secondary N) is 1. The highest BCUT2D eigenvalue weighted by Gasteiger charge is 2.30. The van der Waals surface area contributed by atoms with Gasteiger partial charge in [-0.1, -0.05) is 17.7 Å². The molecule has 1 aliphatic rings. The molecule has 0 bridgehead atoms. The lowest BCUT2D eigenvalue weighted by atomic mass is 9.89. The summed E-state index contributed by atoms with van der Waals surface area (Å²) in [4.78, 5) is 22.5. The monoisotopic (exact) mass is 363 g/mol. The molecule has 5 heteroatoms. The predicted octanol–water partition coefficient (Wildman–Crippen LogP) is 3.77. The Bertz CT molecular complexity index is 956. The van der Waals surface area contributed by atoms with Gasteiger partial charge < -0.3 is 15.0 Å². The summed E-state index contributed by atoms with van der Waals surface area (Å²) in [5.74, 6) is 0.183. The molecule has 0 saturated carbocycles. The van der Waals surface area contributed by atoms with E-state index in [1.54, 1.807) is 6.20 Å². The summed E-state index contributed by atoms with van der Waals surface area (Å²) in [7, 11) is 0. The number of amides is 1. The molecule has 3 aromatic rings. The van der Waals surface area contributed by atoms with Crippen molar-refractivity contribution < 1.29 is 9.90 Å². The molecular weight excluding hydrogens is 338 g/mol. The van der Waals surface area contributed by atoms with Gasteiger partial charge in [0.2, 0.25) is 0 Å². The summed E-state index contributed by atoms with van der Waals surface area (Å²) in [6, 6.07) is 11.8. The van der Waals surface area contributed by atoms with E-state index in [-0.39, 0.29) is 11.8 Å². The molecule has 1 aromatic carbocycles. The van der Waals surface area contributed by atoms with Crippen LogP contribution in [-0.2, 0) is 0 Å². The van der Waals surface area contributed by atoms with Crippen LogP contribution in [0.1, 0.15) is 46.3 Å². The number of piperidine rings is 1. The first kappa shape index (κ1) is 17.7. The fourth-order valence-electron chi connectivity index (χ4n) is 4.02. The number of likely N-dealkylation sites (tertiary alicyclic amines) is 1. The number of H-pyrrole nitrogens is 1. The Morgan fingerprint density at radius 3 is 2.70 bits per heavy atom. The van der Waals surface area contributed by atoms with Crippen molar-refractivity contribution in [2.24, 2.45) is 5.92 Å². The Labute approximate surface area is 159 Å². The highest BCUT2D eigenvalue weighted by atomic mass is 16.3. The standard InChI is InChI=1S/C22H25N3O2/c1-14-6-7-18-17(13-14)15(2)20(24-18)22(27)25-11-8-16(9-12-25)21(26)19-5-3-4-10-23-19/h3-7,10,13,16,21,24,26H,8-9,11-12H2,1-2H3. The maximum absolute atomic E-state index is 13.0. The smallest absolute Gasteiger partial charge is 0.270 e. The van der Waals surface area contributed by atoms with Gasteiger partial charge in [-0.05, 0) is 62.4 Å². The molecule has 5 nitrogen and oxygen atoms in total. The second-order valence-electron chi connectivity index (χ2n) is 7.50. The maximum atomic E-state index is 13.0. The van der Waals surface area contributed by atoms with E-state index >= 15 is 0 Å². The number of aromatic amines is 1. The fraction of sp³-hybridized carbons (Fsp3) is 0.364. The van der Waals surface area contributed by atoms with Crippen LogP contribution < -0.4 is 0 Å². The van der Waals surface area contributed by atoms with Crippen molar-refractivity contribution in [3.63, 3.8) is 0 Å². The Morgan fingerprint density at radius 1 is 1.22 bits per heavy atom. The number of hydrogen-bond acceptors (Lipinski definition) is 3. The van der Waals surface area contributed by atoms with Gasteiger partial charge in [-0.25, -0.2) is 0 Å². The van der Waals surface area contributed by atoms with E-state index in [1.807, 2.05) is 36.1 Å². The molecule has 2 N–H and O–H groups in total. The number of aryl methyl sites for hydroxylation is 2. The van der Waals surface area contributed by atoms with Crippen LogP contribution in [-0.4, -0.2) is 39.0 Å². The lowest BCUT2D eigenvalue weighted by Gasteiger charge is -2.34. The largest absolute Gasteiger partial charge is 0.387 e. The average molecular weight is 363 g/mol. The van der Waals surface area contributed by atoms with Crippen LogP contribution in [0.15, 0.2) is 42.6 Å². The van der Waals surface area contributed by atoms with Crippen LogP contribution in [0.5, 0.6) is 0 Å². The van der Waals surface area contributed by atoms with Gasteiger partial charge in [0.25, 0.3) is 5.91 Å². The lowest BCUT2D eigenvalue weighted by Crippen LogP contribution is -2.40. The second kappa shape index (κ2) is 7.16. The van der Waals surface area contributed by atoms with E-state index in [2.05, 4.69) is 29.0 Å². The molecule has 1 amide bonds. The molecule has 0 spiro atoms. The number of carbonyl (C=O) groups is 1. The Hall–Kier alpha value is -2.66. The zero-order chi connectivity index (χ0) is 19.0. The number of benzene rings is 1. The SMILES string of the molecule is Cc1ccc2[nH]c(C(=O)N3CCC(C(O)c4ccccn4)CC3)c(C)c2c1. The van der Waals surface area contributed by atoms with Crippen molar-refractivity contribution in [3.05, 3.63) is 65.1 Å².